The van der Waals surface area contributed by atoms with Crippen molar-refractivity contribution in [3.05, 3.63) is 23.8 Å². The van der Waals surface area contributed by atoms with E-state index in [-0.39, 0.29) is 5.91 Å². The van der Waals surface area contributed by atoms with E-state index >= 15 is 0 Å². The van der Waals surface area contributed by atoms with E-state index in [4.69, 9.17) is 9.47 Å². The Morgan fingerprint density at radius 1 is 1.26 bits per heavy atom. The van der Waals surface area contributed by atoms with Gasteiger partial charge in [-0.2, -0.15) is 0 Å². The molecule has 0 saturated carbocycles. The fourth-order valence-electron chi connectivity index (χ4n) is 2.64. The summed E-state index contributed by atoms with van der Waals surface area (Å²) in [5, 5.41) is 0. The number of piperidine rings is 1. The molecule has 1 aliphatic heterocycles. The molecule has 0 spiro atoms. The van der Waals surface area contributed by atoms with Gasteiger partial charge in [0.1, 0.15) is 0 Å². The number of hydrogen-bond acceptors (Lipinski definition) is 3. The number of amides is 1. The summed E-state index contributed by atoms with van der Waals surface area (Å²) < 4.78 is 10.6. The van der Waals surface area contributed by atoms with Crippen molar-refractivity contribution in [3.63, 3.8) is 0 Å². The Morgan fingerprint density at radius 2 is 2.00 bits per heavy atom. The molecule has 0 N–H and O–H groups in total. The molecule has 4 heteroatoms. The van der Waals surface area contributed by atoms with Crippen molar-refractivity contribution in [3.8, 4) is 11.5 Å². The number of nitrogens with zero attached hydrogens (tertiary/aromatic N) is 1. The maximum Gasteiger partial charge on any atom is 0.219 e. The molecule has 19 heavy (non-hydrogen) atoms. The van der Waals surface area contributed by atoms with Gasteiger partial charge in [0, 0.05) is 25.9 Å². The van der Waals surface area contributed by atoms with Crippen LogP contribution in [0.5, 0.6) is 11.5 Å². The lowest BCUT2D eigenvalue weighted by molar-refractivity contribution is -0.130. The molecule has 0 aliphatic carbocycles. The lowest BCUT2D eigenvalue weighted by atomic mass is 9.90. The van der Waals surface area contributed by atoms with Crippen LogP contribution < -0.4 is 9.47 Å². The molecule has 104 valence electrons. The molecule has 1 atom stereocenters. The summed E-state index contributed by atoms with van der Waals surface area (Å²) in [7, 11) is 3.28. The van der Waals surface area contributed by atoms with Crippen LogP contribution in [0, 0.1) is 0 Å². The summed E-state index contributed by atoms with van der Waals surface area (Å²) in [5.41, 5.74) is 1.21. The van der Waals surface area contributed by atoms with Gasteiger partial charge in [0.25, 0.3) is 0 Å². The van der Waals surface area contributed by atoms with Crippen LogP contribution in [0.15, 0.2) is 18.2 Å². The third-order valence-electron chi connectivity index (χ3n) is 3.75. The standard InChI is InChI=1S/C15H21NO3/c1-11(17)16-8-4-5-13(10-16)12-6-7-14(18-2)15(9-12)19-3/h6-7,9,13H,4-5,8,10H2,1-3H3. The predicted octanol–water partition coefficient (Wildman–Crippen LogP) is 2.43. The fourth-order valence-corrected chi connectivity index (χ4v) is 2.64. The van der Waals surface area contributed by atoms with Gasteiger partial charge >= 0.3 is 0 Å². The smallest absolute Gasteiger partial charge is 0.219 e. The summed E-state index contributed by atoms with van der Waals surface area (Å²) in [6.45, 7) is 3.31. The first kappa shape index (κ1) is 13.7. The Bertz CT molecular complexity index is 459. The second-order valence-corrected chi connectivity index (χ2v) is 4.92. The molecule has 1 amide bonds. The number of hydrogen-bond donors (Lipinski definition) is 0. The molecular formula is C15H21NO3. The fraction of sp³-hybridized carbons (Fsp3) is 0.533. The van der Waals surface area contributed by atoms with Crippen molar-refractivity contribution in [1.82, 2.24) is 4.90 Å². The quantitative estimate of drug-likeness (QED) is 0.840. The lowest BCUT2D eigenvalue weighted by Crippen LogP contribution is -2.37. The lowest BCUT2D eigenvalue weighted by Gasteiger charge is -2.32. The Kier molecular flexibility index (Phi) is 4.30. The molecule has 1 aromatic rings. The number of ether oxygens (including phenoxy) is 2. The highest BCUT2D eigenvalue weighted by Crippen LogP contribution is 2.34. The molecule has 0 radical (unpaired) electrons. The summed E-state index contributed by atoms with van der Waals surface area (Å²) in [4.78, 5) is 13.4. The zero-order valence-electron chi connectivity index (χ0n) is 11.8. The first-order chi connectivity index (χ1) is 9.15. The van der Waals surface area contributed by atoms with Crippen LogP contribution in [0.3, 0.4) is 0 Å². The first-order valence-electron chi connectivity index (χ1n) is 6.63. The Labute approximate surface area is 114 Å². The van der Waals surface area contributed by atoms with E-state index in [0.717, 1.165) is 37.4 Å². The zero-order chi connectivity index (χ0) is 13.8. The maximum atomic E-state index is 11.5. The number of carbonyl (C=O) groups is 1. The number of methoxy groups -OCH3 is 2. The molecule has 0 aromatic heterocycles. The van der Waals surface area contributed by atoms with Crippen molar-refractivity contribution in [1.29, 1.82) is 0 Å². The predicted molar refractivity (Wildman–Crippen MR) is 73.8 cm³/mol. The van der Waals surface area contributed by atoms with E-state index in [0.29, 0.717) is 5.92 Å². The monoisotopic (exact) mass is 263 g/mol. The molecule has 1 aliphatic rings. The van der Waals surface area contributed by atoms with E-state index in [2.05, 4.69) is 6.07 Å². The van der Waals surface area contributed by atoms with Gasteiger partial charge in [-0.15, -0.1) is 0 Å². The van der Waals surface area contributed by atoms with Gasteiger partial charge in [-0.05, 0) is 30.5 Å². The summed E-state index contributed by atoms with van der Waals surface area (Å²) in [6, 6.07) is 6.02. The van der Waals surface area contributed by atoms with Crippen molar-refractivity contribution >= 4 is 5.91 Å². The second kappa shape index (κ2) is 5.95. The van der Waals surface area contributed by atoms with Gasteiger partial charge in [0.15, 0.2) is 11.5 Å². The van der Waals surface area contributed by atoms with Crippen LogP contribution in [0.2, 0.25) is 0 Å². The minimum Gasteiger partial charge on any atom is -0.493 e. The van der Waals surface area contributed by atoms with Gasteiger partial charge in [-0.1, -0.05) is 6.07 Å². The molecule has 2 rings (SSSR count). The van der Waals surface area contributed by atoms with Crippen LogP contribution in [0.25, 0.3) is 0 Å². The Morgan fingerprint density at radius 3 is 2.63 bits per heavy atom. The van der Waals surface area contributed by atoms with Crippen molar-refractivity contribution in [2.24, 2.45) is 0 Å². The molecule has 1 unspecified atom stereocenters. The van der Waals surface area contributed by atoms with Crippen LogP contribution in [0.4, 0.5) is 0 Å². The van der Waals surface area contributed by atoms with E-state index in [1.165, 1.54) is 5.56 Å². The van der Waals surface area contributed by atoms with E-state index in [1.54, 1.807) is 21.1 Å². The highest BCUT2D eigenvalue weighted by atomic mass is 16.5. The SMILES string of the molecule is COc1ccc(C2CCCN(C(C)=O)C2)cc1OC. The maximum absolute atomic E-state index is 11.5. The van der Waals surface area contributed by atoms with Crippen molar-refractivity contribution in [2.45, 2.75) is 25.7 Å². The molecule has 1 heterocycles. The number of likely N-dealkylation sites (tertiary alicyclic amines) is 1. The molecule has 1 aromatic carbocycles. The van der Waals surface area contributed by atoms with E-state index in [9.17, 15) is 4.79 Å². The largest absolute Gasteiger partial charge is 0.493 e. The minimum atomic E-state index is 0.158. The molecule has 0 bridgehead atoms. The zero-order valence-corrected chi connectivity index (χ0v) is 11.8. The average molecular weight is 263 g/mol. The molecule has 4 nitrogen and oxygen atoms in total. The van der Waals surface area contributed by atoms with Crippen molar-refractivity contribution < 1.29 is 14.3 Å². The topological polar surface area (TPSA) is 38.8 Å². The van der Waals surface area contributed by atoms with Gasteiger partial charge in [0.05, 0.1) is 14.2 Å². The summed E-state index contributed by atoms with van der Waals surface area (Å²) in [6.07, 6.45) is 2.16. The number of rotatable bonds is 3. The van der Waals surface area contributed by atoms with Crippen LogP contribution in [-0.2, 0) is 4.79 Å². The Hall–Kier alpha value is -1.71. The van der Waals surface area contributed by atoms with Gasteiger partial charge < -0.3 is 14.4 Å². The average Bonchev–Trinajstić information content (AvgIpc) is 2.46. The van der Waals surface area contributed by atoms with E-state index in [1.807, 2.05) is 17.0 Å². The third-order valence-corrected chi connectivity index (χ3v) is 3.75. The summed E-state index contributed by atoms with van der Waals surface area (Å²) in [5.74, 6) is 2.04. The van der Waals surface area contributed by atoms with E-state index < -0.39 is 0 Å². The van der Waals surface area contributed by atoms with Gasteiger partial charge in [-0.25, -0.2) is 0 Å². The van der Waals surface area contributed by atoms with Crippen LogP contribution in [0.1, 0.15) is 31.2 Å². The van der Waals surface area contributed by atoms with Crippen LogP contribution >= 0.6 is 0 Å². The van der Waals surface area contributed by atoms with Gasteiger partial charge in [0.2, 0.25) is 5.91 Å². The van der Waals surface area contributed by atoms with Crippen molar-refractivity contribution in [2.75, 3.05) is 27.3 Å². The molecular weight excluding hydrogens is 242 g/mol. The highest BCUT2D eigenvalue weighted by molar-refractivity contribution is 5.73. The van der Waals surface area contributed by atoms with Crippen LogP contribution in [-0.4, -0.2) is 38.1 Å². The minimum absolute atomic E-state index is 0.158. The molecule has 1 fully saturated rings. The highest BCUT2D eigenvalue weighted by Gasteiger charge is 2.23. The summed E-state index contributed by atoms with van der Waals surface area (Å²) >= 11 is 0. The number of carbonyl (C=O) groups excluding carboxylic acids is 1. The molecule has 1 saturated heterocycles. The normalized spacial score (nSPS) is 19.1. The Balaban J connectivity index is 2.19. The second-order valence-electron chi connectivity index (χ2n) is 4.92. The third kappa shape index (κ3) is 3.00. The first-order valence-corrected chi connectivity index (χ1v) is 6.63. The number of benzene rings is 1. The van der Waals surface area contributed by atoms with Gasteiger partial charge in [-0.3, -0.25) is 4.79 Å².